The Hall–Kier alpha value is -1.88. The van der Waals surface area contributed by atoms with E-state index in [1.807, 2.05) is 6.92 Å². The van der Waals surface area contributed by atoms with Crippen molar-refractivity contribution >= 4 is 11.9 Å². The van der Waals surface area contributed by atoms with E-state index in [4.69, 9.17) is 14.2 Å². The Labute approximate surface area is 112 Å². The van der Waals surface area contributed by atoms with Gasteiger partial charge in [-0.1, -0.05) is 0 Å². The molecule has 104 valence electrons. The lowest BCUT2D eigenvalue weighted by molar-refractivity contribution is -0.131. The largest absolute Gasteiger partial charge is 0.462 e. The minimum absolute atomic E-state index is 0.324. The number of rotatable bonds is 7. The molecule has 19 heavy (non-hydrogen) atoms. The van der Waals surface area contributed by atoms with Gasteiger partial charge in [0.1, 0.15) is 5.75 Å². The molecule has 1 aromatic rings. The molecule has 0 saturated heterocycles. The molecule has 0 aliphatic carbocycles. The number of hydrogen-bond donors (Lipinski definition) is 0. The van der Waals surface area contributed by atoms with Crippen LogP contribution in [0.4, 0.5) is 0 Å². The predicted molar refractivity (Wildman–Crippen MR) is 69.1 cm³/mol. The van der Waals surface area contributed by atoms with Gasteiger partial charge in [0.25, 0.3) is 0 Å². The van der Waals surface area contributed by atoms with Gasteiger partial charge in [-0.05, 0) is 31.2 Å². The Morgan fingerprint density at radius 1 is 1.11 bits per heavy atom. The van der Waals surface area contributed by atoms with E-state index in [1.165, 1.54) is 6.92 Å². The fourth-order valence-electron chi connectivity index (χ4n) is 1.38. The van der Waals surface area contributed by atoms with Crippen molar-refractivity contribution in [3.8, 4) is 5.75 Å². The molecule has 0 radical (unpaired) electrons. The summed E-state index contributed by atoms with van der Waals surface area (Å²) in [7, 11) is 0. The topological polar surface area (TPSA) is 61.8 Å². The van der Waals surface area contributed by atoms with E-state index in [9.17, 15) is 9.59 Å². The van der Waals surface area contributed by atoms with Crippen LogP contribution in [0.5, 0.6) is 5.75 Å². The summed E-state index contributed by atoms with van der Waals surface area (Å²) < 4.78 is 15.1. The maximum Gasteiger partial charge on any atom is 0.338 e. The van der Waals surface area contributed by atoms with E-state index in [1.54, 1.807) is 24.3 Å². The lowest BCUT2D eigenvalue weighted by Crippen LogP contribution is -2.08. The molecule has 0 aliphatic heterocycles. The van der Waals surface area contributed by atoms with Crippen molar-refractivity contribution in [3.05, 3.63) is 29.8 Å². The van der Waals surface area contributed by atoms with Gasteiger partial charge in [-0.3, -0.25) is 4.79 Å². The molecule has 0 spiro atoms. The zero-order chi connectivity index (χ0) is 14.1. The van der Waals surface area contributed by atoms with E-state index < -0.39 is 11.9 Å². The highest BCUT2D eigenvalue weighted by Gasteiger charge is 2.07. The van der Waals surface area contributed by atoms with Crippen LogP contribution in [-0.4, -0.2) is 31.8 Å². The van der Waals surface area contributed by atoms with Gasteiger partial charge in [-0.25, -0.2) is 4.79 Å². The highest BCUT2D eigenvalue weighted by molar-refractivity contribution is 5.89. The zero-order valence-electron chi connectivity index (χ0n) is 11.2. The van der Waals surface area contributed by atoms with E-state index in [-0.39, 0.29) is 0 Å². The lowest BCUT2D eigenvalue weighted by Gasteiger charge is -2.06. The van der Waals surface area contributed by atoms with Gasteiger partial charge >= 0.3 is 11.9 Å². The minimum Gasteiger partial charge on any atom is -0.462 e. The number of esters is 2. The number of benzene rings is 1. The van der Waals surface area contributed by atoms with E-state index >= 15 is 0 Å². The summed E-state index contributed by atoms with van der Waals surface area (Å²) in [6, 6.07) is 6.22. The maximum atomic E-state index is 11.6. The van der Waals surface area contributed by atoms with E-state index in [0.717, 1.165) is 0 Å². The maximum absolute atomic E-state index is 11.6. The highest BCUT2D eigenvalue weighted by atomic mass is 16.5. The molecule has 0 bridgehead atoms. The quantitative estimate of drug-likeness (QED) is 0.430. The Bertz CT molecular complexity index is 410. The van der Waals surface area contributed by atoms with Gasteiger partial charge in [0.2, 0.25) is 0 Å². The van der Waals surface area contributed by atoms with Crippen LogP contribution in [0.3, 0.4) is 0 Å². The van der Waals surface area contributed by atoms with Gasteiger partial charge < -0.3 is 14.2 Å². The summed E-state index contributed by atoms with van der Waals surface area (Å²) in [6.07, 6.45) is 0.672. The molecular formula is C14H18O5. The summed E-state index contributed by atoms with van der Waals surface area (Å²) in [4.78, 5) is 22.4. The van der Waals surface area contributed by atoms with Gasteiger partial charge in [-0.15, -0.1) is 0 Å². The molecule has 0 amide bonds. The van der Waals surface area contributed by atoms with Crippen LogP contribution in [0.15, 0.2) is 24.3 Å². The molecule has 1 aromatic carbocycles. The Balaban J connectivity index is 2.38. The third-order valence-electron chi connectivity index (χ3n) is 2.22. The normalized spacial score (nSPS) is 10.0. The molecule has 1 rings (SSSR count). The highest BCUT2D eigenvalue weighted by Crippen LogP contribution is 2.13. The van der Waals surface area contributed by atoms with E-state index in [2.05, 4.69) is 0 Å². The third kappa shape index (κ3) is 6.01. The van der Waals surface area contributed by atoms with Crippen LogP contribution in [0, 0.1) is 0 Å². The lowest BCUT2D eigenvalue weighted by atomic mass is 10.2. The van der Waals surface area contributed by atoms with Crippen molar-refractivity contribution in [1.82, 2.24) is 0 Å². The fourth-order valence-corrected chi connectivity index (χ4v) is 1.38. The van der Waals surface area contributed by atoms with Crippen molar-refractivity contribution in [2.24, 2.45) is 0 Å². The molecule has 0 N–H and O–H groups in total. The van der Waals surface area contributed by atoms with Crippen molar-refractivity contribution in [2.75, 3.05) is 19.8 Å². The second-order valence-corrected chi connectivity index (χ2v) is 3.80. The second-order valence-electron chi connectivity index (χ2n) is 3.80. The molecule has 0 heterocycles. The molecule has 5 heteroatoms. The Morgan fingerprint density at radius 3 is 2.37 bits per heavy atom. The smallest absolute Gasteiger partial charge is 0.338 e. The Kier molecular flexibility index (Phi) is 6.60. The fraction of sp³-hybridized carbons (Fsp3) is 0.429. The van der Waals surface area contributed by atoms with Crippen molar-refractivity contribution in [1.29, 1.82) is 0 Å². The molecule has 0 fully saturated rings. The van der Waals surface area contributed by atoms with Crippen molar-refractivity contribution in [2.45, 2.75) is 20.3 Å². The van der Waals surface area contributed by atoms with E-state index in [0.29, 0.717) is 37.6 Å². The molecule has 0 atom stereocenters. The molecule has 0 saturated carbocycles. The first-order valence-electron chi connectivity index (χ1n) is 6.17. The summed E-state index contributed by atoms with van der Waals surface area (Å²) in [5.41, 5.74) is 0.423. The molecular weight excluding hydrogens is 248 g/mol. The van der Waals surface area contributed by atoms with Crippen molar-refractivity contribution < 1.29 is 23.8 Å². The third-order valence-corrected chi connectivity index (χ3v) is 2.22. The van der Waals surface area contributed by atoms with Crippen LogP contribution in [-0.2, 0) is 14.3 Å². The first kappa shape index (κ1) is 15.2. The molecule has 5 nitrogen and oxygen atoms in total. The summed E-state index contributed by atoms with van der Waals surface area (Å²) >= 11 is 0. The summed E-state index contributed by atoms with van der Waals surface area (Å²) in [5.74, 6) is -0.391. The Morgan fingerprint density at radius 2 is 1.79 bits per heavy atom. The van der Waals surface area contributed by atoms with Crippen LogP contribution < -0.4 is 4.74 Å². The molecule has 0 aromatic heterocycles. The number of hydrogen-bond acceptors (Lipinski definition) is 5. The van der Waals surface area contributed by atoms with Crippen molar-refractivity contribution in [3.63, 3.8) is 0 Å². The average Bonchev–Trinajstić information content (AvgIpc) is 2.38. The molecule has 0 aliphatic rings. The number of ether oxygens (including phenoxy) is 3. The minimum atomic E-state index is -0.397. The zero-order valence-corrected chi connectivity index (χ0v) is 11.2. The first-order chi connectivity index (χ1) is 9.13. The molecule has 0 unspecified atom stereocenters. The summed E-state index contributed by atoms with van der Waals surface area (Å²) in [5, 5.41) is 0. The van der Waals surface area contributed by atoms with Gasteiger partial charge in [-0.2, -0.15) is 0 Å². The van der Waals surface area contributed by atoms with Crippen LogP contribution in [0.2, 0.25) is 0 Å². The van der Waals surface area contributed by atoms with Gasteiger partial charge in [0.05, 0.1) is 12.2 Å². The van der Waals surface area contributed by atoms with Gasteiger partial charge in [0.15, 0.2) is 0 Å². The first-order valence-corrected chi connectivity index (χ1v) is 6.17. The standard InChI is InChI=1S/C14H18O5/c1-3-17-9-4-10-18-14(16)12-5-7-13(8-6-12)19-11(2)15/h5-8H,3-4,9-10H2,1-2H3. The van der Waals surface area contributed by atoms with Crippen LogP contribution >= 0.6 is 0 Å². The number of carbonyl (C=O) groups is 2. The number of carbonyl (C=O) groups excluding carboxylic acids is 2. The average molecular weight is 266 g/mol. The van der Waals surface area contributed by atoms with Gasteiger partial charge in [0, 0.05) is 26.6 Å². The predicted octanol–water partition coefficient (Wildman–Crippen LogP) is 2.20. The monoisotopic (exact) mass is 266 g/mol. The second kappa shape index (κ2) is 8.26. The summed E-state index contributed by atoms with van der Waals surface area (Å²) in [6.45, 7) is 4.79. The SMILES string of the molecule is CCOCCCOC(=O)c1ccc(OC(C)=O)cc1. The van der Waals surface area contributed by atoms with Crippen LogP contribution in [0.1, 0.15) is 30.6 Å². The van der Waals surface area contributed by atoms with Crippen LogP contribution in [0.25, 0.3) is 0 Å².